The van der Waals surface area contributed by atoms with E-state index >= 15 is 0 Å². The number of amides is 1. The zero-order valence-electron chi connectivity index (χ0n) is 15.9. The number of nitrogens with zero attached hydrogens (tertiary/aromatic N) is 3. The van der Waals surface area contributed by atoms with Gasteiger partial charge in [-0.25, -0.2) is 0 Å². The van der Waals surface area contributed by atoms with Gasteiger partial charge in [-0.3, -0.25) is 14.5 Å². The largest absolute Gasteiger partial charge is 0.369 e. The number of carbonyl (C=O) groups is 1. The van der Waals surface area contributed by atoms with Crippen LogP contribution < -0.4 is 15.1 Å². The zero-order chi connectivity index (χ0) is 19.5. The predicted octanol–water partition coefficient (Wildman–Crippen LogP) is 2.75. The van der Waals surface area contributed by atoms with Crippen LogP contribution in [0.2, 0.25) is 0 Å². The van der Waals surface area contributed by atoms with Crippen LogP contribution in [0.3, 0.4) is 0 Å². The fourth-order valence-corrected chi connectivity index (χ4v) is 4.48. The Kier molecular flexibility index (Phi) is 5.45. The Bertz CT molecular complexity index is 1020. The Hall–Kier alpha value is -2.64. The standard InChI is InChI=1S/C21H24N4O2S/c1-23-18-8-7-16(15-19(18)28-21(23)27)22-20(26)9-10-24-11-13-25(14-12-24)17-5-3-2-4-6-17/h2-8,15H,9-14H2,1H3,(H,22,26). The van der Waals surface area contributed by atoms with Crippen molar-refractivity contribution in [3.63, 3.8) is 0 Å². The Morgan fingerprint density at radius 1 is 1.07 bits per heavy atom. The van der Waals surface area contributed by atoms with E-state index in [4.69, 9.17) is 0 Å². The van der Waals surface area contributed by atoms with Crippen molar-refractivity contribution in [2.45, 2.75) is 6.42 Å². The lowest BCUT2D eigenvalue weighted by atomic mass is 10.2. The fourth-order valence-electron chi connectivity index (χ4n) is 3.56. The SMILES string of the molecule is Cn1c(=O)sc2cc(NC(=O)CCN3CCN(c4ccccc4)CC3)ccc21. The summed E-state index contributed by atoms with van der Waals surface area (Å²) in [6.45, 7) is 4.65. The molecular weight excluding hydrogens is 372 g/mol. The van der Waals surface area contributed by atoms with E-state index < -0.39 is 0 Å². The van der Waals surface area contributed by atoms with Crippen molar-refractivity contribution in [2.24, 2.45) is 7.05 Å². The maximum Gasteiger partial charge on any atom is 0.307 e. The molecule has 7 heteroatoms. The molecule has 1 aliphatic rings. The van der Waals surface area contributed by atoms with Crippen molar-refractivity contribution in [2.75, 3.05) is 42.9 Å². The summed E-state index contributed by atoms with van der Waals surface area (Å²) in [6, 6.07) is 16.1. The minimum atomic E-state index is 0.00752. The number of rotatable bonds is 5. The lowest BCUT2D eigenvalue weighted by Gasteiger charge is -2.36. The molecule has 146 valence electrons. The third-order valence-electron chi connectivity index (χ3n) is 5.22. The lowest BCUT2D eigenvalue weighted by Crippen LogP contribution is -2.47. The van der Waals surface area contributed by atoms with Crippen molar-refractivity contribution < 1.29 is 4.79 Å². The monoisotopic (exact) mass is 396 g/mol. The van der Waals surface area contributed by atoms with Gasteiger partial charge >= 0.3 is 4.87 Å². The van der Waals surface area contributed by atoms with Crippen molar-refractivity contribution >= 4 is 38.8 Å². The van der Waals surface area contributed by atoms with Crippen LogP contribution in [0.1, 0.15) is 6.42 Å². The quantitative estimate of drug-likeness (QED) is 0.721. The third kappa shape index (κ3) is 4.10. The molecule has 2 aromatic carbocycles. The summed E-state index contributed by atoms with van der Waals surface area (Å²) in [6.07, 6.45) is 0.467. The normalized spacial score (nSPS) is 15.1. The number of thiazole rings is 1. The average molecular weight is 397 g/mol. The molecule has 0 spiro atoms. The van der Waals surface area contributed by atoms with Crippen LogP contribution in [0.5, 0.6) is 0 Å². The van der Waals surface area contributed by atoms with Crippen LogP contribution >= 0.6 is 11.3 Å². The molecule has 1 aliphatic heterocycles. The number of piperazine rings is 1. The summed E-state index contributed by atoms with van der Waals surface area (Å²) in [4.78, 5) is 28.8. The molecule has 6 nitrogen and oxygen atoms in total. The van der Waals surface area contributed by atoms with Crippen LogP contribution in [-0.2, 0) is 11.8 Å². The van der Waals surface area contributed by atoms with E-state index in [2.05, 4.69) is 39.4 Å². The molecule has 1 saturated heterocycles. The highest BCUT2D eigenvalue weighted by atomic mass is 32.1. The van der Waals surface area contributed by atoms with Gasteiger partial charge < -0.3 is 14.8 Å². The summed E-state index contributed by atoms with van der Waals surface area (Å²) in [5.74, 6) is 0.00752. The van der Waals surface area contributed by atoms with Crippen molar-refractivity contribution in [3.05, 3.63) is 58.2 Å². The second-order valence-corrected chi connectivity index (χ2v) is 8.07. The highest BCUT2D eigenvalue weighted by Gasteiger charge is 2.17. The molecule has 3 aromatic rings. The first-order valence-corrected chi connectivity index (χ1v) is 10.3. The number of anilines is 2. The van der Waals surface area contributed by atoms with Gasteiger partial charge in [0.15, 0.2) is 0 Å². The van der Waals surface area contributed by atoms with Gasteiger partial charge in [0.05, 0.1) is 10.2 Å². The van der Waals surface area contributed by atoms with Gasteiger partial charge in [0.1, 0.15) is 0 Å². The first-order valence-electron chi connectivity index (χ1n) is 9.52. The lowest BCUT2D eigenvalue weighted by molar-refractivity contribution is -0.116. The van der Waals surface area contributed by atoms with Crippen LogP contribution in [0.15, 0.2) is 53.3 Å². The molecule has 0 aliphatic carbocycles. The minimum Gasteiger partial charge on any atom is -0.369 e. The van der Waals surface area contributed by atoms with E-state index in [1.807, 2.05) is 24.3 Å². The van der Waals surface area contributed by atoms with Crippen molar-refractivity contribution in [3.8, 4) is 0 Å². The molecule has 1 aromatic heterocycles. The number of para-hydroxylation sites is 1. The molecule has 4 rings (SSSR count). The molecule has 0 atom stereocenters. The van der Waals surface area contributed by atoms with E-state index in [0.717, 1.165) is 48.6 Å². The molecule has 0 unspecified atom stereocenters. The average Bonchev–Trinajstić information content (AvgIpc) is 3.00. The second-order valence-electron chi connectivity index (χ2n) is 7.07. The highest BCUT2D eigenvalue weighted by molar-refractivity contribution is 7.16. The molecule has 1 fully saturated rings. The summed E-state index contributed by atoms with van der Waals surface area (Å²) < 4.78 is 2.52. The predicted molar refractivity (Wildman–Crippen MR) is 115 cm³/mol. The summed E-state index contributed by atoms with van der Waals surface area (Å²) >= 11 is 1.20. The number of benzene rings is 2. The van der Waals surface area contributed by atoms with Gasteiger partial charge in [-0.1, -0.05) is 29.5 Å². The van der Waals surface area contributed by atoms with Crippen LogP contribution in [0.4, 0.5) is 11.4 Å². The first-order chi connectivity index (χ1) is 13.6. The number of nitrogens with one attached hydrogen (secondary N) is 1. The van der Waals surface area contributed by atoms with E-state index in [1.165, 1.54) is 17.0 Å². The van der Waals surface area contributed by atoms with Gasteiger partial charge in [-0.2, -0.15) is 0 Å². The number of hydrogen-bond acceptors (Lipinski definition) is 5. The smallest absolute Gasteiger partial charge is 0.307 e. The van der Waals surface area contributed by atoms with Gasteiger partial charge in [0.25, 0.3) is 0 Å². The van der Waals surface area contributed by atoms with Crippen LogP contribution in [0, 0.1) is 0 Å². The Balaban J connectivity index is 1.26. The topological polar surface area (TPSA) is 57.6 Å². The fraction of sp³-hybridized carbons (Fsp3) is 0.333. The number of hydrogen-bond donors (Lipinski definition) is 1. The van der Waals surface area contributed by atoms with Gasteiger partial charge in [0.2, 0.25) is 5.91 Å². The molecule has 1 N–H and O–H groups in total. The van der Waals surface area contributed by atoms with Gasteiger partial charge in [-0.05, 0) is 30.3 Å². The van der Waals surface area contributed by atoms with Crippen LogP contribution in [0.25, 0.3) is 10.2 Å². The number of aromatic nitrogens is 1. The van der Waals surface area contributed by atoms with E-state index in [-0.39, 0.29) is 10.8 Å². The van der Waals surface area contributed by atoms with E-state index in [1.54, 1.807) is 11.6 Å². The Morgan fingerprint density at radius 3 is 2.57 bits per heavy atom. The van der Waals surface area contributed by atoms with Crippen LogP contribution in [-0.4, -0.2) is 48.1 Å². The van der Waals surface area contributed by atoms with E-state index in [0.29, 0.717) is 6.42 Å². The molecular formula is C21H24N4O2S. The first kappa shape index (κ1) is 18.7. The Labute approximate surface area is 168 Å². The molecule has 2 heterocycles. The molecule has 28 heavy (non-hydrogen) atoms. The molecule has 0 radical (unpaired) electrons. The molecule has 0 saturated carbocycles. The number of aryl methyl sites for hydroxylation is 1. The maximum absolute atomic E-state index is 12.3. The maximum atomic E-state index is 12.3. The summed E-state index contributed by atoms with van der Waals surface area (Å²) in [5.41, 5.74) is 2.90. The highest BCUT2D eigenvalue weighted by Crippen LogP contribution is 2.21. The van der Waals surface area contributed by atoms with Crippen molar-refractivity contribution in [1.29, 1.82) is 0 Å². The molecule has 0 bridgehead atoms. The summed E-state index contributed by atoms with van der Waals surface area (Å²) in [7, 11) is 1.76. The number of carbonyl (C=O) groups excluding carboxylic acids is 1. The minimum absolute atomic E-state index is 0.00752. The van der Waals surface area contributed by atoms with Crippen molar-refractivity contribution in [1.82, 2.24) is 9.47 Å². The van der Waals surface area contributed by atoms with E-state index in [9.17, 15) is 9.59 Å². The third-order valence-corrected chi connectivity index (χ3v) is 6.22. The van der Waals surface area contributed by atoms with Gasteiger partial charge in [0, 0.05) is 57.6 Å². The second kappa shape index (κ2) is 8.16. The molecule has 1 amide bonds. The Morgan fingerprint density at radius 2 is 1.82 bits per heavy atom. The zero-order valence-corrected chi connectivity index (χ0v) is 16.7. The summed E-state index contributed by atoms with van der Waals surface area (Å²) in [5, 5.41) is 2.96. The van der Waals surface area contributed by atoms with Gasteiger partial charge in [-0.15, -0.1) is 0 Å². The number of fused-ring (bicyclic) bond motifs is 1.